The molecule has 2 heterocycles. The molecule has 1 aromatic carbocycles. The van der Waals surface area contributed by atoms with Crippen LogP contribution in [0.3, 0.4) is 0 Å². The summed E-state index contributed by atoms with van der Waals surface area (Å²) in [6.45, 7) is 2.08. The van der Waals surface area contributed by atoms with Gasteiger partial charge in [-0.05, 0) is 42.0 Å². The summed E-state index contributed by atoms with van der Waals surface area (Å²) in [5, 5.41) is 3.27. The van der Waals surface area contributed by atoms with E-state index in [1.165, 1.54) is 12.0 Å². The third-order valence-corrected chi connectivity index (χ3v) is 5.34. The lowest BCUT2D eigenvalue weighted by Gasteiger charge is -2.32. The van der Waals surface area contributed by atoms with Gasteiger partial charge in [0.2, 0.25) is 5.91 Å². The number of hydrogen-bond acceptors (Lipinski definition) is 3. The first-order valence-electron chi connectivity index (χ1n) is 8.74. The van der Waals surface area contributed by atoms with Crippen molar-refractivity contribution in [3.63, 3.8) is 0 Å². The van der Waals surface area contributed by atoms with E-state index in [1.54, 1.807) is 0 Å². The highest BCUT2D eigenvalue weighted by Crippen LogP contribution is 2.38. The quantitative estimate of drug-likeness (QED) is 0.920. The largest absolute Gasteiger partial charge is 0.353 e. The van der Waals surface area contributed by atoms with Crippen LogP contribution in [-0.4, -0.2) is 34.4 Å². The van der Waals surface area contributed by atoms with Crippen LogP contribution in [0.4, 0.5) is 0 Å². The Kier molecular flexibility index (Phi) is 4.30. The summed E-state index contributed by atoms with van der Waals surface area (Å²) >= 11 is 0. The Bertz CT molecular complexity index is 689. The Hall–Kier alpha value is -2.20. The van der Waals surface area contributed by atoms with Gasteiger partial charge in [-0.1, -0.05) is 30.3 Å². The number of fused-ring (bicyclic) bond motifs is 2. The Morgan fingerprint density at radius 1 is 1.08 bits per heavy atom. The maximum atomic E-state index is 12.3. The van der Waals surface area contributed by atoms with E-state index < -0.39 is 0 Å². The molecule has 2 bridgehead atoms. The molecule has 124 valence electrons. The van der Waals surface area contributed by atoms with E-state index in [2.05, 4.69) is 27.3 Å². The Morgan fingerprint density at radius 2 is 1.88 bits per heavy atom. The van der Waals surface area contributed by atoms with E-state index in [0.717, 1.165) is 25.1 Å². The monoisotopic (exact) mass is 321 g/mol. The smallest absolute Gasteiger partial charge is 0.224 e. The number of carbonyl (C=O) groups is 1. The normalized spacial score (nSPS) is 25.8. The van der Waals surface area contributed by atoms with Gasteiger partial charge >= 0.3 is 0 Å². The molecule has 0 spiro atoms. The molecule has 3 atom stereocenters. The molecule has 0 radical (unpaired) electrons. The molecule has 1 aromatic heterocycles. The zero-order valence-electron chi connectivity index (χ0n) is 13.8. The fourth-order valence-electron chi connectivity index (χ4n) is 4.18. The molecule has 24 heavy (non-hydrogen) atoms. The second-order valence-corrected chi connectivity index (χ2v) is 7.01. The fraction of sp³-hybridized carbons (Fsp3) is 0.400. The minimum atomic E-state index is 0.152. The molecule has 4 nitrogen and oxygen atoms in total. The van der Waals surface area contributed by atoms with Crippen LogP contribution in [0.5, 0.6) is 0 Å². The van der Waals surface area contributed by atoms with Crippen LogP contribution in [-0.2, 0) is 17.8 Å². The van der Waals surface area contributed by atoms with Crippen LogP contribution in [0.25, 0.3) is 0 Å². The van der Waals surface area contributed by atoms with E-state index in [-0.39, 0.29) is 5.91 Å². The molecule has 1 aliphatic carbocycles. The molecular weight excluding hydrogens is 298 g/mol. The van der Waals surface area contributed by atoms with Crippen molar-refractivity contribution < 1.29 is 4.79 Å². The van der Waals surface area contributed by atoms with Gasteiger partial charge in [-0.3, -0.25) is 14.7 Å². The van der Waals surface area contributed by atoms with E-state index in [0.29, 0.717) is 24.4 Å². The first-order valence-corrected chi connectivity index (χ1v) is 8.74. The summed E-state index contributed by atoms with van der Waals surface area (Å²) < 4.78 is 0. The number of hydrogen-bond donors (Lipinski definition) is 1. The van der Waals surface area contributed by atoms with Gasteiger partial charge in [0, 0.05) is 37.6 Å². The van der Waals surface area contributed by atoms with Crippen molar-refractivity contribution in [2.45, 2.75) is 37.9 Å². The van der Waals surface area contributed by atoms with Crippen molar-refractivity contribution in [3.05, 3.63) is 66.0 Å². The lowest BCUT2D eigenvalue weighted by atomic mass is 10.0. The molecule has 4 heteroatoms. The number of likely N-dealkylation sites (tertiary alicyclic amines) is 1. The first-order chi connectivity index (χ1) is 11.8. The van der Waals surface area contributed by atoms with Crippen LogP contribution < -0.4 is 5.32 Å². The Labute approximate surface area is 142 Å². The van der Waals surface area contributed by atoms with Gasteiger partial charge in [-0.2, -0.15) is 0 Å². The third-order valence-electron chi connectivity index (χ3n) is 5.34. The lowest BCUT2D eigenvalue weighted by molar-refractivity contribution is -0.121. The molecule has 1 saturated carbocycles. The van der Waals surface area contributed by atoms with Crippen molar-refractivity contribution in [2.75, 3.05) is 6.54 Å². The predicted molar refractivity (Wildman–Crippen MR) is 93.2 cm³/mol. The summed E-state index contributed by atoms with van der Waals surface area (Å²) in [5.74, 6) is 0.746. The summed E-state index contributed by atoms with van der Waals surface area (Å²) in [7, 11) is 0. The zero-order chi connectivity index (χ0) is 16.4. The molecular formula is C20H23N3O. The fourth-order valence-corrected chi connectivity index (χ4v) is 4.18. The van der Waals surface area contributed by atoms with Crippen LogP contribution in [0.1, 0.15) is 24.0 Å². The number of pyridine rings is 1. The highest BCUT2D eigenvalue weighted by Gasteiger charge is 2.44. The zero-order valence-corrected chi connectivity index (χ0v) is 13.8. The maximum absolute atomic E-state index is 12.3. The minimum Gasteiger partial charge on any atom is -0.353 e. The van der Waals surface area contributed by atoms with Gasteiger partial charge in [-0.25, -0.2) is 0 Å². The maximum Gasteiger partial charge on any atom is 0.224 e. The highest BCUT2D eigenvalue weighted by atomic mass is 16.1. The average molecular weight is 321 g/mol. The van der Waals surface area contributed by atoms with Gasteiger partial charge in [0.1, 0.15) is 0 Å². The SMILES string of the molecule is O=C(Cc1ccccc1)N[C@H]1C[C@H]2C[C@H]1CN2Cc1ccncc1. The van der Waals surface area contributed by atoms with Crippen molar-refractivity contribution in [1.29, 1.82) is 0 Å². The summed E-state index contributed by atoms with van der Waals surface area (Å²) in [4.78, 5) is 18.9. The number of amides is 1. The molecule has 2 aromatic rings. The number of carbonyl (C=O) groups excluding carboxylic acids is 1. The topological polar surface area (TPSA) is 45.2 Å². The molecule has 1 amide bonds. The van der Waals surface area contributed by atoms with Gasteiger partial charge in [-0.15, -0.1) is 0 Å². The molecule has 2 fully saturated rings. The van der Waals surface area contributed by atoms with Gasteiger partial charge < -0.3 is 5.32 Å². The van der Waals surface area contributed by atoms with Crippen LogP contribution in [0.2, 0.25) is 0 Å². The lowest BCUT2D eigenvalue weighted by Crippen LogP contribution is -2.46. The van der Waals surface area contributed by atoms with Gasteiger partial charge in [0.15, 0.2) is 0 Å². The molecule has 2 aliphatic rings. The molecule has 1 N–H and O–H groups in total. The van der Waals surface area contributed by atoms with Crippen molar-refractivity contribution in [3.8, 4) is 0 Å². The van der Waals surface area contributed by atoms with Crippen LogP contribution >= 0.6 is 0 Å². The molecule has 1 saturated heterocycles. The summed E-state index contributed by atoms with van der Waals surface area (Å²) in [5.41, 5.74) is 2.40. The Balaban J connectivity index is 1.29. The molecule has 1 aliphatic heterocycles. The predicted octanol–water partition coefficient (Wildman–Crippen LogP) is 2.40. The minimum absolute atomic E-state index is 0.152. The second kappa shape index (κ2) is 6.73. The molecule has 0 unspecified atom stereocenters. The van der Waals surface area contributed by atoms with E-state index in [4.69, 9.17) is 0 Å². The first kappa shape index (κ1) is 15.3. The number of benzene rings is 1. The average Bonchev–Trinajstić information content (AvgIpc) is 3.16. The second-order valence-electron chi connectivity index (χ2n) is 7.01. The summed E-state index contributed by atoms with van der Waals surface area (Å²) in [6, 6.07) is 15.1. The van der Waals surface area contributed by atoms with Crippen LogP contribution in [0, 0.1) is 5.92 Å². The van der Waals surface area contributed by atoms with Gasteiger partial charge in [0.05, 0.1) is 6.42 Å². The van der Waals surface area contributed by atoms with E-state index in [9.17, 15) is 4.79 Å². The van der Waals surface area contributed by atoms with E-state index >= 15 is 0 Å². The number of nitrogens with zero attached hydrogens (tertiary/aromatic N) is 2. The standard InChI is InChI=1S/C20H23N3O/c24-20(10-15-4-2-1-3-5-15)22-19-12-18-11-17(19)14-23(18)13-16-6-8-21-9-7-16/h1-9,17-19H,10-14H2,(H,22,24)/t17-,18+,19-/m0/s1. The van der Waals surface area contributed by atoms with Gasteiger partial charge in [0.25, 0.3) is 0 Å². The number of nitrogens with one attached hydrogen (secondary N) is 1. The van der Waals surface area contributed by atoms with E-state index in [1.807, 2.05) is 42.7 Å². The number of aromatic nitrogens is 1. The number of piperidine rings is 1. The third kappa shape index (κ3) is 3.34. The molecule has 4 rings (SSSR count). The Morgan fingerprint density at radius 3 is 2.58 bits per heavy atom. The van der Waals surface area contributed by atoms with Crippen LogP contribution in [0.15, 0.2) is 54.9 Å². The van der Waals surface area contributed by atoms with Crippen molar-refractivity contribution >= 4 is 5.91 Å². The summed E-state index contributed by atoms with van der Waals surface area (Å²) in [6.07, 6.45) is 6.49. The number of rotatable bonds is 5. The van der Waals surface area contributed by atoms with Crippen molar-refractivity contribution in [1.82, 2.24) is 15.2 Å². The highest BCUT2D eigenvalue weighted by molar-refractivity contribution is 5.78. The van der Waals surface area contributed by atoms with Crippen molar-refractivity contribution in [2.24, 2.45) is 5.92 Å².